The number of methoxy groups -OCH3 is 1. The first kappa shape index (κ1) is 27.3. The van der Waals surface area contributed by atoms with Crippen LogP contribution in [0.5, 0.6) is 0 Å². The zero-order valence-electron chi connectivity index (χ0n) is 21.0. The highest BCUT2D eigenvalue weighted by Gasteiger charge is 2.23. The highest BCUT2D eigenvalue weighted by Crippen LogP contribution is 2.24. The Morgan fingerprint density at radius 1 is 1.18 bits per heavy atom. The van der Waals surface area contributed by atoms with E-state index in [2.05, 4.69) is 25.3 Å². The lowest BCUT2D eigenvalue weighted by molar-refractivity contribution is -0.132. The summed E-state index contributed by atoms with van der Waals surface area (Å²) in [6.45, 7) is 13.3. The van der Waals surface area contributed by atoms with Crippen molar-refractivity contribution in [3.63, 3.8) is 0 Å². The standard InChI is InChI=1S/C24H40N4O4S/c1-7-14-28-22-11-10-20(33(30,31)27(8-2)9-3)17-21(22)25-23(28)12-13-24(29)26(15-16-32-6)18-19(4)5/h10-11,17,19H,7-9,12-16,18H2,1-6H3. The largest absolute Gasteiger partial charge is 0.383 e. The third-order valence-corrected chi connectivity index (χ3v) is 7.70. The molecule has 33 heavy (non-hydrogen) atoms. The molecule has 1 aromatic heterocycles. The minimum absolute atomic E-state index is 0.0839. The summed E-state index contributed by atoms with van der Waals surface area (Å²) in [6, 6.07) is 5.15. The quantitative estimate of drug-likeness (QED) is 0.413. The maximum Gasteiger partial charge on any atom is 0.243 e. The molecule has 0 aliphatic heterocycles. The second-order valence-electron chi connectivity index (χ2n) is 8.65. The summed E-state index contributed by atoms with van der Waals surface area (Å²) < 4.78 is 34.6. The Morgan fingerprint density at radius 3 is 2.45 bits per heavy atom. The number of sulfonamides is 1. The summed E-state index contributed by atoms with van der Waals surface area (Å²) in [7, 11) is -1.92. The molecular weight excluding hydrogens is 440 g/mol. The number of fused-ring (bicyclic) bond motifs is 1. The summed E-state index contributed by atoms with van der Waals surface area (Å²) in [5.74, 6) is 1.27. The van der Waals surface area contributed by atoms with Crippen LogP contribution < -0.4 is 0 Å². The van der Waals surface area contributed by atoms with Gasteiger partial charge in [-0.3, -0.25) is 4.79 Å². The highest BCUT2D eigenvalue weighted by atomic mass is 32.2. The minimum atomic E-state index is -3.55. The van der Waals surface area contributed by atoms with Gasteiger partial charge in [0, 0.05) is 52.7 Å². The van der Waals surface area contributed by atoms with Crippen LogP contribution in [0.15, 0.2) is 23.1 Å². The molecule has 8 nitrogen and oxygen atoms in total. The number of hydrogen-bond donors (Lipinski definition) is 0. The predicted octanol–water partition coefficient (Wildman–Crippen LogP) is 3.54. The van der Waals surface area contributed by atoms with Crippen LogP contribution in [0.3, 0.4) is 0 Å². The molecule has 0 N–H and O–H groups in total. The van der Waals surface area contributed by atoms with E-state index in [4.69, 9.17) is 9.72 Å². The summed E-state index contributed by atoms with van der Waals surface area (Å²) in [5, 5.41) is 0. The van der Waals surface area contributed by atoms with E-state index in [0.29, 0.717) is 57.1 Å². The van der Waals surface area contributed by atoms with Crippen molar-refractivity contribution in [1.29, 1.82) is 0 Å². The highest BCUT2D eigenvalue weighted by molar-refractivity contribution is 7.89. The van der Waals surface area contributed by atoms with Crippen molar-refractivity contribution in [2.75, 3.05) is 39.9 Å². The molecule has 0 radical (unpaired) electrons. The van der Waals surface area contributed by atoms with Crippen molar-refractivity contribution in [2.45, 2.75) is 65.3 Å². The number of benzene rings is 1. The molecule has 186 valence electrons. The van der Waals surface area contributed by atoms with Gasteiger partial charge >= 0.3 is 0 Å². The predicted molar refractivity (Wildman–Crippen MR) is 132 cm³/mol. The van der Waals surface area contributed by atoms with Crippen LogP contribution in [0, 0.1) is 5.92 Å². The summed E-state index contributed by atoms with van der Waals surface area (Å²) in [5.41, 5.74) is 1.55. The van der Waals surface area contributed by atoms with Crippen LogP contribution in [0.25, 0.3) is 11.0 Å². The number of rotatable bonds is 14. The first-order valence-electron chi connectivity index (χ1n) is 11.9. The molecule has 0 aliphatic carbocycles. The number of amides is 1. The van der Waals surface area contributed by atoms with Crippen molar-refractivity contribution in [3.05, 3.63) is 24.0 Å². The Hall–Kier alpha value is -1.97. The number of imidazole rings is 1. The minimum Gasteiger partial charge on any atom is -0.383 e. The van der Waals surface area contributed by atoms with Gasteiger partial charge in [0.15, 0.2) is 0 Å². The Kier molecular flexibility index (Phi) is 10.3. The van der Waals surface area contributed by atoms with Crippen molar-refractivity contribution in [3.8, 4) is 0 Å². The van der Waals surface area contributed by atoms with Gasteiger partial charge in [-0.2, -0.15) is 4.31 Å². The lowest BCUT2D eigenvalue weighted by atomic mass is 10.2. The van der Waals surface area contributed by atoms with E-state index >= 15 is 0 Å². The lowest BCUT2D eigenvalue weighted by Gasteiger charge is -2.24. The van der Waals surface area contributed by atoms with Crippen LogP contribution >= 0.6 is 0 Å². The van der Waals surface area contributed by atoms with E-state index in [-0.39, 0.29) is 10.8 Å². The third kappa shape index (κ3) is 6.77. The zero-order chi connectivity index (χ0) is 24.6. The smallest absolute Gasteiger partial charge is 0.243 e. The maximum absolute atomic E-state index is 13.0. The average molecular weight is 481 g/mol. The van der Waals surface area contributed by atoms with E-state index in [1.807, 2.05) is 24.8 Å². The second kappa shape index (κ2) is 12.5. The lowest BCUT2D eigenvalue weighted by Crippen LogP contribution is -2.37. The van der Waals surface area contributed by atoms with Crippen molar-refractivity contribution in [2.24, 2.45) is 5.92 Å². The Morgan fingerprint density at radius 2 is 1.88 bits per heavy atom. The first-order chi connectivity index (χ1) is 15.7. The molecule has 0 atom stereocenters. The number of carbonyl (C=O) groups excluding carboxylic acids is 1. The summed E-state index contributed by atoms with van der Waals surface area (Å²) in [6.07, 6.45) is 1.78. The van der Waals surface area contributed by atoms with Gasteiger partial charge in [-0.05, 0) is 30.5 Å². The molecule has 0 spiro atoms. The number of hydrogen-bond acceptors (Lipinski definition) is 5. The molecule has 2 rings (SSSR count). The fourth-order valence-corrected chi connectivity index (χ4v) is 5.51. The normalized spacial score (nSPS) is 12.2. The molecule has 0 unspecified atom stereocenters. The fourth-order valence-electron chi connectivity index (χ4n) is 4.03. The fraction of sp³-hybridized carbons (Fsp3) is 0.667. The van der Waals surface area contributed by atoms with Gasteiger partial charge in [0.1, 0.15) is 5.82 Å². The third-order valence-electron chi connectivity index (χ3n) is 5.66. The SMILES string of the molecule is CCCn1c(CCC(=O)N(CCOC)CC(C)C)nc2cc(S(=O)(=O)N(CC)CC)ccc21. The van der Waals surface area contributed by atoms with Crippen molar-refractivity contribution in [1.82, 2.24) is 18.8 Å². The van der Waals surface area contributed by atoms with Gasteiger partial charge in [-0.1, -0.05) is 34.6 Å². The van der Waals surface area contributed by atoms with Crippen LogP contribution in [0.2, 0.25) is 0 Å². The molecule has 0 aliphatic rings. The number of aromatic nitrogens is 2. The maximum atomic E-state index is 13.0. The average Bonchev–Trinajstić information content (AvgIpc) is 3.12. The van der Waals surface area contributed by atoms with Gasteiger partial charge in [0.2, 0.25) is 15.9 Å². The molecule has 2 aromatic rings. The molecule has 1 aromatic carbocycles. The topological polar surface area (TPSA) is 84.7 Å². The zero-order valence-corrected chi connectivity index (χ0v) is 21.8. The Balaban J connectivity index is 2.32. The first-order valence-corrected chi connectivity index (χ1v) is 13.4. The molecule has 0 saturated heterocycles. The van der Waals surface area contributed by atoms with Crippen LogP contribution in [-0.4, -0.2) is 73.0 Å². The number of ether oxygens (including phenoxy) is 1. The van der Waals surface area contributed by atoms with Gasteiger partial charge < -0.3 is 14.2 Å². The Labute approximate surface area is 199 Å². The molecule has 0 fully saturated rings. The van der Waals surface area contributed by atoms with Crippen LogP contribution in [-0.2, 0) is 32.5 Å². The number of aryl methyl sites for hydroxylation is 2. The van der Waals surface area contributed by atoms with Gasteiger partial charge in [-0.25, -0.2) is 13.4 Å². The molecule has 9 heteroatoms. The molecule has 0 saturated carbocycles. The van der Waals surface area contributed by atoms with E-state index in [9.17, 15) is 13.2 Å². The van der Waals surface area contributed by atoms with Crippen molar-refractivity contribution >= 4 is 27.0 Å². The number of carbonyl (C=O) groups is 1. The summed E-state index contributed by atoms with van der Waals surface area (Å²) in [4.78, 5) is 19.8. The van der Waals surface area contributed by atoms with E-state index < -0.39 is 10.0 Å². The molecule has 0 bridgehead atoms. The number of nitrogens with zero attached hydrogens (tertiary/aromatic N) is 4. The van der Waals surface area contributed by atoms with Gasteiger partial charge in [-0.15, -0.1) is 0 Å². The van der Waals surface area contributed by atoms with Gasteiger partial charge in [0.25, 0.3) is 0 Å². The second-order valence-corrected chi connectivity index (χ2v) is 10.6. The Bertz CT molecular complexity index is 1010. The van der Waals surface area contributed by atoms with Crippen molar-refractivity contribution < 1.29 is 17.9 Å². The summed E-state index contributed by atoms with van der Waals surface area (Å²) >= 11 is 0. The van der Waals surface area contributed by atoms with E-state index in [1.54, 1.807) is 19.2 Å². The monoisotopic (exact) mass is 480 g/mol. The van der Waals surface area contributed by atoms with E-state index in [1.165, 1.54) is 4.31 Å². The van der Waals surface area contributed by atoms with Crippen LogP contribution in [0.4, 0.5) is 0 Å². The van der Waals surface area contributed by atoms with E-state index in [0.717, 1.165) is 24.3 Å². The molecular formula is C24H40N4O4S. The molecule has 1 heterocycles. The van der Waals surface area contributed by atoms with Gasteiger partial charge in [0.05, 0.1) is 22.5 Å². The molecule has 1 amide bonds. The van der Waals surface area contributed by atoms with Crippen LogP contribution in [0.1, 0.15) is 53.3 Å².